The molecule has 1 fully saturated rings. The van der Waals surface area contributed by atoms with Gasteiger partial charge < -0.3 is 14.1 Å². The van der Waals surface area contributed by atoms with E-state index in [1.807, 2.05) is 6.07 Å². The minimum atomic E-state index is -0.203. The molecule has 0 radical (unpaired) electrons. The number of ketones is 1. The lowest BCUT2D eigenvalue weighted by Gasteiger charge is -2.34. The van der Waals surface area contributed by atoms with Crippen LogP contribution in [0.25, 0.3) is 0 Å². The van der Waals surface area contributed by atoms with Crippen LogP contribution in [-0.4, -0.2) is 47.7 Å². The smallest absolute Gasteiger partial charge is 0.289 e. The first kappa shape index (κ1) is 21.8. The zero-order valence-electron chi connectivity index (χ0n) is 17.9. The first-order chi connectivity index (χ1) is 15.5. The van der Waals surface area contributed by atoms with Crippen molar-refractivity contribution in [3.05, 3.63) is 89.1 Å². The summed E-state index contributed by atoms with van der Waals surface area (Å²) < 4.78 is 25.2. The largest absolute Gasteiger partial charge is 0.486 e. The maximum Gasteiger partial charge on any atom is 0.289 e. The maximum atomic E-state index is 13.9. The van der Waals surface area contributed by atoms with E-state index in [9.17, 15) is 14.0 Å². The highest BCUT2D eigenvalue weighted by Crippen LogP contribution is 2.18. The zero-order chi connectivity index (χ0) is 22.5. The first-order valence-electron chi connectivity index (χ1n) is 10.6. The van der Waals surface area contributed by atoms with E-state index >= 15 is 0 Å². The monoisotopic (exact) mass is 436 g/mol. The lowest BCUT2D eigenvalue weighted by molar-refractivity contribution is 0.0592. The Morgan fingerprint density at radius 3 is 2.38 bits per heavy atom. The molecule has 0 N–H and O–H groups in total. The molecule has 4 rings (SSSR count). The number of Topliss-reactive ketones (excluding diaryl/α,β-unsaturated/α-hetero) is 1. The standard InChI is InChI=1S/C25H25FN2O4/c1-18(29)19-6-8-21(9-7-19)31-17-22-10-11-24(32-22)25(30)28-14-12-27(13-15-28)16-20-4-2-3-5-23(20)26/h2-11H,12-17H2,1H3. The Balaban J connectivity index is 1.27. The average Bonchev–Trinajstić information content (AvgIpc) is 3.29. The number of nitrogens with zero attached hydrogens (tertiary/aromatic N) is 2. The Morgan fingerprint density at radius 1 is 0.969 bits per heavy atom. The fourth-order valence-corrected chi connectivity index (χ4v) is 3.64. The summed E-state index contributed by atoms with van der Waals surface area (Å²) in [6.07, 6.45) is 0. The van der Waals surface area contributed by atoms with Crippen molar-refractivity contribution in [1.29, 1.82) is 0 Å². The second-order valence-corrected chi connectivity index (χ2v) is 7.79. The normalized spacial score (nSPS) is 14.4. The van der Waals surface area contributed by atoms with Gasteiger partial charge in [-0.15, -0.1) is 0 Å². The van der Waals surface area contributed by atoms with Crippen LogP contribution < -0.4 is 4.74 Å². The fourth-order valence-electron chi connectivity index (χ4n) is 3.64. The topological polar surface area (TPSA) is 63.0 Å². The SMILES string of the molecule is CC(=O)c1ccc(OCc2ccc(C(=O)N3CCN(Cc4ccccc4F)CC3)o2)cc1. The van der Waals surface area contributed by atoms with E-state index in [4.69, 9.17) is 9.15 Å². The van der Waals surface area contributed by atoms with Gasteiger partial charge in [-0.2, -0.15) is 0 Å². The molecule has 0 saturated carbocycles. The molecular formula is C25H25FN2O4. The fraction of sp³-hybridized carbons (Fsp3) is 0.280. The molecule has 0 unspecified atom stereocenters. The van der Waals surface area contributed by atoms with Crippen molar-refractivity contribution in [1.82, 2.24) is 9.80 Å². The van der Waals surface area contributed by atoms with Gasteiger partial charge in [0.2, 0.25) is 0 Å². The number of piperazine rings is 1. The first-order valence-corrected chi connectivity index (χ1v) is 10.6. The molecule has 1 saturated heterocycles. The highest BCUT2D eigenvalue weighted by Gasteiger charge is 2.24. The summed E-state index contributed by atoms with van der Waals surface area (Å²) in [6.45, 7) is 4.69. The predicted molar refractivity (Wildman–Crippen MR) is 117 cm³/mol. The third-order valence-corrected chi connectivity index (χ3v) is 5.53. The molecule has 1 aromatic heterocycles. The van der Waals surface area contributed by atoms with Crippen molar-refractivity contribution >= 4 is 11.7 Å². The molecule has 1 aliphatic rings. The minimum absolute atomic E-state index is 0.00111. The van der Waals surface area contributed by atoms with Crippen LogP contribution in [0.1, 0.15) is 39.2 Å². The van der Waals surface area contributed by atoms with Gasteiger partial charge in [0.25, 0.3) is 5.91 Å². The van der Waals surface area contributed by atoms with E-state index in [1.165, 1.54) is 13.0 Å². The van der Waals surface area contributed by atoms with Gasteiger partial charge in [-0.25, -0.2) is 4.39 Å². The molecule has 3 aromatic rings. The van der Waals surface area contributed by atoms with Gasteiger partial charge in [0.1, 0.15) is 23.9 Å². The van der Waals surface area contributed by atoms with Crippen molar-refractivity contribution in [3.8, 4) is 5.75 Å². The number of rotatable bonds is 7. The molecule has 0 atom stereocenters. The number of carbonyl (C=O) groups excluding carboxylic acids is 2. The number of carbonyl (C=O) groups is 2. The Hall–Kier alpha value is -3.45. The molecule has 166 valence electrons. The third-order valence-electron chi connectivity index (χ3n) is 5.53. The van der Waals surface area contributed by atoms with Crippen LogP contribution in [0.3, 0.4) is 0 Å². The summed E-state index contributed by atoms with van der Waals surface area (Å²) in [5, 5.41) is 0. The molecule has 0 spiro atoms. The Bertz CT molecular complexity index is 1090. The number of ether oxygens (including phenoxy) is 1. The summed E-state index contributed by atoms with van der Waals surface area (Å²) in [7, 11) is 0. The second-order valence-electron chi connectivity index (χ2n) is 7.79. The highest BCUT2D eigenvalue weighted by atomic mass is 19.1. The van der Waals surface area contributed by atoms with Crippen LogP contribution in [0.5, 0.6) is 5.75 Å². The third kappa shape index (κ3) is 5.23. The van der Waals surface area contributed by atoms with Crippen LogP contribution in [0.2, 0.25) is 0 Å². The summed E-state index contributed by atoms with van der Waals surface area (Å²) >= 11 is 0. The summed E-state index contributed by atoms with van der Waals surface area (Å²) in [5.74, 6) is 1.07. The van der Waals surface area contributed by atoms with Crippen molar-refractivity contribution < 1.29 is 23.1 Å². The van der Waals surface area contributed by atoms with Crippen LogP contribution >= 0.6 is 0 Å². The van der Waals surface area contributed by atoms with Crippen molar-refractivity contribution in [2.45, 2.75) is 20.1 Å². The van der Waals surface area contributed by atoms with Gasteiger partial charge in [-0.05, 0) is 49.4 Å². The van der Waals surface area contributed by atoms with Crippen molar-refractivity contribution in [2.75, 3.05) is 26.2 Å². The highest BCUT2D eigenvalue weighted by molar-refractivity contribution is 5.94. The molecular weight excluding hydrogens is 411 g/mol. The van der Waals surface area contributed by atoms with Gasteiger partial charge in [0.15, 0.2) is 11.5 Å². The van der Waals surface area contributed by atoms with Gasteiger partial charge in [-0.3, -0.25) is 14.5 Å². The average molecular weight is 436 g/mol. The van der Waals surface area contributed by atoms with E-state index in [0.717, 1.165) is 0 Å². The molecule has 2 aromatic carbocycles. The minimum Gasteiger partial charge on any atom is -0.486 e. The number of halogens is 1. The van der Waals surface area contributed by atoms with Crippen molar-refractivity contribution in [3.63, 3.8) is 0 Å². The van der Waals surface area contributed by atoms with Gasteiger partial charge in [0, 0.05) is 43.9 Å². The van der Waals surface area contributed by atoms with Crippen LogP contribution in [0, 0.1) is 5.82 Å². The quantitative estimate of drug-likeness (QED) is 0.521. The van der Waals surface area contributed by atoms with Crippen LogP contribution in [0.15, 0.2) is 65.1 Å². The van der Waals surface area contributed by atoms with Gasteiger partial charge in [0.05, 0.1) is 0 Å². The lowest BCUT2D eigenvalue weighted by atomic mass is 10.1. The zero-order valence-corrected chi connectivity index (χ0v) is 17.9. The Morgan fingerprint density at radius 2 is 1.69 bits per heavy atom. The molecule has 32 heavy (non-hydrogen) atoms. The molecule has 7 heteroatoms. The summed E-state index contributed by atoms with van der Waals surface area (Å²) in [6, 6.07) is 17.0. The molecule has 0 bridgehead atoms. The Labute approximate surface area is 186 Å². The number of amides is 1. The molecule has 6 nitrogen and oxygen atoms in total. The molecule has 1 aliphatic heterocycles. The van der Waals surface area contributed by atoms with Crippen LogP contribution in [0.4, 0.5) is 4.39 Å². The van der Waals surface area contributed by atoms with Crippen LogP contribution in [-0.2, 0) is 13.2 Å². The Kier molecular flexibility index (Phi) is 6.66. The molecule has 1 amide bonds. The van der Waals surface area contributed by atoms with E-state index < -0.39 is 0 Å². The number of furan rings is 1. The van der Waals surface area contributed by atoms with Crippen molar-refractivity contribution in [2.24, 2.45) is 0 Å². The van der Waals surface area contributed by atoms with Gasteiger partial charge in [-0.1, -0.05) is 18.2 Å². The van der Waals surface area contributed by atoms with E-state index in [0.29, 0.717) is 55.4 Å². The summed E-state index contributed by atoms with van der Waals surface area (Å²) in [5.41, 5.74) is 1.29. The van der Waals surface area contributed by atoms with E-state index in [-0.39, 0.29) is 29.9 Å². The maximum absolute atomic E-state index is 13.9. The number of hydrogen-bond donors (Lipinski definition) is 0. The summed E-state index contributed by atoms with van der Waals surface area (Å²) in [4.78, 5) is 28.0. The molecule has 2 heterocycles. The van der Waals surface area contributed by atoms with Gasteiger partial charge >= 0.3 is 0 Å². The molecule has 0 aliphatic carbocycles. The second kappa shape index (κ2) is 9.78. The lowest BCUT2D eigenvalue weighted by Crippen LogP contribution is -2.48. The predicted octanol–water partition coefficient (Wildman–Crippen LogP) is 4.16. The number of hydrogen-bond acceptors (Lipinski definition) is 5. The van der Waals surface area contributed by atoms with E-state index in [1.54, 1.807) is 53.4 Å². The van der Waals surface area contributed by atoms with E-state index in [2.05, 4.69) is 4.90 Å². The number of benzene rings is 2.